The van der Waals surface area contributed by atoms with Gasteiger partial charge in [0.1, 0.15) is 28.9 Å². The van der Waals surface area contributed by atoms with Crippen LogP contribution in [-0.2, 0) is 4.79 Å². The number of nitrogens with zero attached hydrogens (tertiary/aromatic N) is 3. The average molecular weight is 480 g/mol. The van der Waals surface area contributed by atoms with Gasteiger partial charge >= 0.3 is 0 Å². The third-order valence-electron chi connectivity index (χ3n) is 5.66. The Balaban J connectivity index is 1.94. The van der Waals surface area contributed by atoms with Crippen LogP contribution in [0, 0.1) is 24.4 Å². The first-order valence-electron chi connectivity index (χ1n) is 11.2. The van der Waals surface area contributed by atoms with Gasteiger partial charge in [-0.3, -0.25) is 14.2 Å². The van der Waals surface area contributed by atoms with E-state index in [9.17, 15) is 22.8 Å². The SMILES string of the molecule is CCC(=O)CCCNc1nc(-c2ccc(F)cc2C)c2ccc(=O)n(-c3c(F)cccc3F)c2n1. The largest absolute Gasteiger partial charge is 0.354 e. The van der Waals surface area contributed by atoms with Gasteiger partial charge in [-0.1, -0.05) is 13.0 Å². The minimum Gasteiger partial charge on any atom is -0.354 e. The van der Waals surface area contributed by atoms with E-state index in [2.05, 4.69) is 15.3 Å². The number of rotatable bonds is 8. The fraction of sp³-hybridized carbons (Fsp3) is 0.231. The fourth-order valence-electron chi connectivity index (χ4n) is 3.87. The molecule has 0 fully saturated rings. The highest BCUT2D eigenvalue weighted by atomic mass is 19.1. The number of aromatic nitrogens is 3. The molecular formula is C26H23F3N4O2. The Morgan fingerprint density at radius 3 is 2.46 bits per heavy atom. The number of para-hydroxylation sites is 1. The second-order valence-electron chi connectivity index (χ2n) is 8.09. The molecule has 2 heterocycles. The Labute approximate surface area is 199 Å². The molecule has 1 N–H and O–H groups in total. The van der Waals surface area contributed by atoms with Gasteiger partial charge in [-0.05, 0) is 55.3 Å². The zero-order chi connectivity index (χ0) is 25.1. The van der Waals surface area contributed by atoms with Crippen LogP contribution in [0.3, 0.4) is 0 Å². The summed E-state index contributed by atoms with van der Waals surface area (Å²) >= 11 is 0. The summed E-state index contributed by atoms with van der Waals surface area (Å²) in [4.78, 5) is 33.4. The molecule has 2 aromatic heterocycles. The molecule has 35 heavy (non-hydrogen) atoms. The quantitative estimate of drug-likeness (QED) is 0.344. The normalized spacial score (nSPS) is 11.1. The van der Waals surface area contributed by atoms with E-state index in [1.165, 1.54) is 30.3 Å². The highest BCUT2D eigenvalue weighted by molar-refractivity contribution is 5.93. The summed E-state index contributed by atoms with van der Waals surface area (Å²) < 4.78 is 44.1. The molecule has 0 aliphatic carbocycles. The number of fused-ring (bicyclic) bond motifs is 1. The van der Waals surface area contributed by atoms with Crippen LogP contribution in [-0.4, -0.2) is 26.9 Å². The van der Waals surface area contributed by atoms with Gasteiger partial charge in [0.05, 0.1) is 5.69 Å². The molecular weight excluding hydrogens is 457 g/mol. The Hall–Kier alpha value is -4.01. The van der Waals surface area contributed by atoms with Gasteiger partial charge in [-0.2, -0.15) is 4.98 Å². The Kier molecular flexibility index (Phi) is 6.95. The Morgan fingerprint density at radius 2 is 1.77 bits per heavy atom. The molecule has 0 radical (unpaired) electrons. The van der Waals surface area contributed by atoms with Crippen molar-refractivity contribution in [3.05, 3.63) is 81.9 Å². The molecule has 0 bridgehead atoms. The second kappa shape index (κ2) is 10.1. The van der Waals surface area contributed by atoms with Crippen molar-refractivity contribution in [2.24, 2.45) is 0 Å². The molecule has 0 amide bonds. The lowest BCUT2D eigenvalue weighted by molar-refractivity contribution is -0.118. The summed E-state index contributed by atoms with van der Waals surface area (Å²) in [5.74, 6) is -2.04. The number of pyridine rings is 1. The molecule has 0 atom stereocenters. The Bertz CT molecular complexity index is 1460. The molecule has 0 saturated heterocycles. The third-order valence-corrected chi connectivity index (χ3v) is 5.66. The summed E-state index contributed by atoms with van der Waals surface area (Å²) in [5, 5.41) is 3.39. The van der Waals surface area contributed by atoms with E-state index in [1.54, 1.807) is 19.9 Å². The molecule has 4 rings (SSSR count). The molecule has 4 aromatic rings. The van der Waals surface area contributed by atoms with Crippen LogP contribution < -0.4 is 10.9 Å². The van der Waals surface area contributed by atoms with Gasteiger partial charge in [0.15, 0.2) is 5.65 Å². The number of halogens is 3. The van der Waals surface area contributed by atoms with Crippen molar-refractivity contribution >= 4 is 22.8 Å². The highest BCUT2D eigenvalue weighted by Crippen LogP contribution is 2.31. The van der Waals surface area contributed by atoms with Crippen molar-refractivity contribution in [1.82, 2.24) is 14.5 Å². The number of carbonyl (C=O) groups is 1. The van der Waals surface area contributed by atoms with Crippen LogP contribution in [0.1, 0.15) is 31.7 Å². The van der Waals surface area contributed by atoms with Gasteiger partial charge < -0.3 is 5.32 Å². The number of hydrogen-bond donors (Lipinski definition) is 1. The van der Waals surface area contributed by atoms with Crippen molar-refractivity contribution in [3.63, 3.8) is 0 Å². The number of aryl methyl sites for hydroxylation is 1. The maximum atomic E-state index is 14.7. The lowest BCUT2D eigenvalue weighted by Crippen LogP contribution is -2.21. The molecule has 180 valence electrons. The molecule has 0 aliphatic heterocycles. The Morgan fingerprint density at radius 1 is 1.03 bits per heavy atom. The van der Waals surface area contributed by atoms with Crippen LogP contribution in [0.5, 0.6) is 0 Å². The maximum absolute atomic E-state index is 14.7. The van der Waals surface area contributed by atoms with E-state index in [4.69, 9.17) is 0 Å². The van der Waals surface area contributed by atoms with Crippen LogP contribution >= 0.6 is 0 Å². The smallest absolute Gasteiger partial charge is 0.256 e. The zero-order valence-corrected chi connectivity index (χ0v) is 19.2. The molecule has 0 spiro atoms. The predicted octanol–water partition coefficient (Wildman–Crippen LogP) is 5.34. The van der Waals surface area contributed by atoms with Crippen molar-refractivity contribution in [1.29, 1.82) is 0 Å². The van der Waals surface area contributed by atoms with Crippen LogP contribution in [0.2, 0.25) is 0 Å². The number of nitrogens with one attached hydrogen (secondary N) is 1. The van der Waals surface area contributed by atoms with Gasteiger partial charge in [-0.25, -0.2) is 18.2 Å². The standard InChI is InChI=1S/C26H23F3N4O2/c1-3-17(34)6-5-13-30-26-31-23(18-10-9-16(27)14-15(18)2)19-11-12-22(35)33(25(19)32-26)24-20(28)7-4-8-21(24)29/h4,7-12,14H,3,5-6,13H2,1-2H3,(H,30,31,32). The molecule has 2 aromatic carbocycles. The minimum absolute atomic E-state index is 0.0117. The molecule has 0 aliphatic rings. The molecule has 9 heteroatoms. The number of carbonyl (C=O) groups excluding carboxylic acids is 1. The minimum atomic E-state index is -0.926. The van der Waals surface area contributed by atoms with Crippen LogP contribution in [0.4, 0.5) is 19.1 Å². The van der Waals surface area contributed by atoms with E-state index >= 15 is 0 Å². The van der Waals surface area contributed by atoms with Crippen molar-refractivity contribution in [2.45, 2.75) is 33.1 Å². The van der Waals surface area contributed by atoms with Gasteiger partial charge in [0.25, 0.3) is 5.56 Å². The first-order chi connectivity index (χ1) is 16.8. The van der Waals surface area contributed by atoms with Crippen molar-refractivity contribution < 1.29 is 18.0 Å². The van der Waals surface area contributed by atoms with Crippen molar-refractivity contribution in [2.75, 3.05) is 11.9 Å². The van der Waals surface area contributed by atoms with Gasteiger partial charge in [0.2, 0.25) is 5.95 Å². The highest BCUT2D eigenvalue weighted by Gasteiger charge is 2.20. The topological polar surface area (TPSA) is 76.9 Å². The number of anilines is 1. The lowest BCUT2D eigenvalue weighted by Gasteiger charge is -2.16. The van der Waals surface area contributed by atoms with Crippen LogP contribution in [0.15, 0.2) is 53.3 Å². The monoisotopic (exact) mass is 480 g/mol. The summed E-state index contributed by atoms with van der Waals surface area (Å²) in [7, 11) is 0. The summed E-state index contributed by atoms with van der Waals surface area (Å²) in [6.45, 7) is 3.87. The number of ketones is 1. The van der Waals surface area contributed by atoms with Crippen molar-refractivity contribution in [3.8, 4) is 16.9 Å². The molecule has 6 nitrogen and oxygen atoms in total. The second-order valence-corrected chi connectivity index (χ2v) is 8.09. The summed E-state index contributed by atoms with van der Waals surface area (Å²) in [5.41, 5.74) is 0.276. The maximum Gasteiger partial charge on any atom is 0.256 e. The van der Waals surface area contributed by atoms with E-state index < -0.39 is 28.7 Å². The molecule has 0 saturated carbocycles. The van der Waals surface area contributed by atoms with E-state index in [1.807, 2.05) is 0 Å². The first-order valence-corrected chi connectivity index (χ1v) is 11.2. The number of hydrogen-bond acceptors (Lipinski definition) is 5. The summed E-state index contributed by atoms with van der Waals surface area (Å²) in [6.07, 6.45) is 1.36. The number of Topliss-reactive ketones (excluding diaryl/α,β-unsaturated/α-hetero) is 1. The van der Waals surface area contributed by atoms with Crippen LogP contribution in [0.25, 0.3) is 28.0 Å². The average Bonchev–Trinajstić information content (AvgIpc) is 2.82. The third kappa shape index (κ3) is 4.94. The zero-order valence-electron chi connectivity index (χ0n) is 19.2. The van der Waals surface area contributed by atoms with Gasteiger partial charge in [0, 0.05) is 36.4 Å². The first kappa shape index (κ1) is 24.1. The van der Waals surface area contributed by atoms with Gasteiger partial charge in [-0.15, -0.1) is 0 Å². The van der Waals surface area contributed by atoms with E-state index in [-0.39, 0.29) is 17.4 Å². The van der Waals surface area contributed by atoms with E-state index in [0.717, 1.165) is 16.7 Å². The lowest BCUT2D eigenvalue weighted by atomic mass is 10.0. The van der Waals surface area contributed by atoms with E-state index in [0.29, 0.717) is 48.0 Å². The number of benzene rings is 2. The fourth-order valence-corrected chi connectivity index (χ4v) is 3.87. The molecule has 0 unspecified atom stereocenters. The summed E-state index contributed by atoms with van der Waals surface area (Å²) in [6, 6.07) is 10.2. The predicted molar refractivity (Wildman–Crippen MR) is 128 cm³/mol.